The van der Waals surface area contributed by atoms with E-state index in [0.717, 1.165) is 0 Å². The molecule has 0 saturated heterocycles. The summed E-state index contributed by atoms with van der Waals surface area (Å²) in [6.07, 6.45) is -3.98. The molecule has 0 aromatic heterocycles. The third-order valence-electron chi connectivity index (χ3n) is 2.05. The fourth-order valence-electron chi connectivity index (χ4n) is 0.914. The minimum atomic E-state index is -1.38. The van der Waals surface area contributed by atoms with E-state index in [1.54, 1.807) is 20.8 Å². The Hall–Kier alpha value is -1.46. The van der Waals surface area contributed by atoms with Crippen molar-refractivity contribution in [3.8, 4) is 0 Å². The summed E-state index contributed by atoms with van der Waals surface area (Å²) in [4.78, 5) is 20.4. The Morgan fingerprint density at radius 2 is 1.21 bits per heavy atom. The second-order valence-electron chi connectivity index (χ2n) is 3.04. The molecular weight excluding hydrogens is 192 g/mol. The summed E-state index contributed by atoms with van der Waals surface area (Å²) in [7, 11) is 0. The molecule has 6 heteroatoms. The van der Waals surface area contributed by atoms with Crippen molar-refractivity contribution in [2.45, 2.75) is 33.0 Å². The van der Waals surface area contributed by atoms with Gasteiger partial charge in [-0.3, -0.25) is 0 Å². The molecule has 0 radical (unpaired) electrons. The molecule has 0 amide bonds. The first-order valence-corrected chi connectivity index (χ1v) is 4.13. The van der Waals surface area contributed by atoms with Gasteiger partial charge >= 0.3 is 12.3 Å². The second-order valence-corrected chi connectivity index (χ2v) is 3.04. The Morgan fingerprint density at radius 3 is 1.43 bits per heavy atom. The minimum Gasteiger partial charge on any atom is -0.450 e. The molecule has 0 bridgehead atoms. The molecule has 0 aromatic rings. The van der Waals surface area contributed by atoms with Crippen LogP contribution in [0.5, 0.6) is 0 Å². The molecule has 6 nitrogen and oxygen atoms in total. The first kappa shape index (κ1) is 12.5. The van der Waals surface area contributed by atoms with Crippen molar-refractivity contribution in [1.82, 2.24) is 0 Å². The van der Waals surface area contributed by atoms with Crippen LogP contribution in [0.15, 0.2) is 0 Å². The van der Waals surface area contributed by atoms with Crippen molar-refractivity contribution < 1.29 is 29.3 Å². The van der Waals surface area contributed by atoms with Gasteiger partial charge in [-0.05, 0) is 13.8 Å². The molecule has 0 aliphatic carbocycles. The summed E-state index contributed by atoms with van der Waals surface area (Å²) in [5.41, 5.74) is 0. The van der Waals surface area contributed by atoms with E-state index < -0.39 is 24.5 Å². The van der Waals surface area contributed by atoms with Crippen molar-refractivity contribution in [3.63, 3.8) is 0 Å². The second kappa shape index (κ2) is 5.31. The predicted octanol–water partition coefficient (Wildman–Crippen LogP) is 1.79. The lowest BCUT2D eigenvalue weighted by Crippen LogP contribution is -2.32. The SMILES string of the molecule is CC(OC(=O)O)C(C)C(C)OC(=O)O. The van der Waals surface area contributed by atoms with E-state index in [4.69, 9.17) is 10.2 Å². The maximum absolute atomic E-state index is 10.2. The summed E-state index contributed by atoms with van der Waals surface area (Å²) in [5.74, 6) is -0.331. The van der Waals surface area contributed by atoms with E-state index >= 15 is 0 Å². The Balaban J connectivity index is 4.09. The smallest absolute Gasteiger partial charge is 0.450 e. The molecule has 0 fully saturated rings. The van der Waals surface area contributed by atoms with Crippen LogP contribution in [0.2, 0.25) is 0 Å². The molecule has 0 aliphatic rings. The van der Waals surface area contributed by atoms with Gasteiger partial charge in [-0.15, -0.1) is 0 Å². The first-order chi connectivity index (χ1) is 6.34. The molecule has 0 saturated carbocycles. The van der Waals surface area contributed by atoms with Gasteiger partial charge in [0, 0.05) is 5.92 Å². The van der Waals surface area contributed by atoms with Gasteiger partial charge in [-0.1, -0.05) is 6.92 Å². The lowest BCUT2D eigenvalue weighted by molar-refractivity contribution is -0.0177. The first-order valence-electron chi connectivity index (χ1n) is 4.13. The fraction of sp³-hybridized carbons (Fsp3) is 0.750. The van der Waals surface area contributed by atoms with E-state index in [0.29, 0.717) is 0 Å². The molecule has 0 rings (SSSR count). The Bertz CT molecular complexity index is 192. The van der Waals surface area contributed by atoms with Gasteiger partial charge in [0.05, 0.1) is 0 Å². The molecular formula is C8H14O6. The van der Waals surface area contributed by atoms with Crippen LogP contribution in [0, 0.1) is 5.92 Å². The van der Waals surface area contributed by atoms with Crippen LogP contribution in [-0.4, -0.2) is 34.7 Å². The average molecular weight is 206 g/mol. The maximum atomic E-state index is 10.2. The van der Waals surface area contributed by atoms with Crippen LogP contribution in [0.1, 0.15) is 20.8 Å². The quantitative estimate of drug-likeness (QED) is 0.681. The number of ether oxygens (including phenoxy) is 2. The molecule has 2 atom stereocenters. The van der Waals surface area contributed by atoms with Gasteiger partial charge in [0.25, 0.3) is 0 Å². The fourth-order valence-corrected chi connectivity index (χ4v) is 0.914. The highest BCUT2D eigenvalue weighted by Gasteiger charge is 2.24. The highest BCUT2D eigenvalue weighted by molar-refractivity contribution is 5.57. The Labute approximate surface area is 81.4 Å². The monoisotopic (exact) mass is 206 g/mol. The number of hydrogen-bond acceptors (Lipinski definition) is 4. The molecule has 0 aromatic carbocycles. The van der Waals surface area contributed by atoms with Gasteiger partial charge in [0.1, 0.15) is 12.2 Å². The number of rotatable bonds is 4. The average Bonchev–Trinajstić information content (AvgIpc) is 2.00. The zero-order valence-corrected chi connectivity index (χ0v) is 8.26. The molecule has 82 valence electrons. The molecule has 0 heterocycles. The molecule has 0 aliphatic heterocycles. The predicted molar refractivity (Wildman–Crippen MR) is 46.3 cm³/mol. The van der Waals surface area contributed by atoms with Crippen molar-refractivity contribution in [2.24, 2.45) is 5.92 Å². The zero-order valence-electron chi connectivity index (χ0n) is 8.26. The van der Waals surface area contributed by atoms with Crippen LogP contribution < -0.4 is 0 Å². The highest BCUT2D eigenvalue weighted by Crippen LogP contribution is 2.14. The summed E-state index contributed by atoms with van der Waals surface area (Å²) in [6.45, 7) is 4.74. The normalized spacial score (nSPS) is 16.5. The van der Waals surface area contributed by atoms with Crippen molar-refractivity contribution >= 4 is 12.3 Å². The minimum absolute atomic E-state index is 0.331. The number of hydrogen-bond donors (Lipinski definition) is 2. The maximum Gasteiger partial charge on any atom is 0.506 e. The molecule has 2 unspecified atom stereocenters. The van der Waals surface area contributed by atoms with Gasteiger partial charge in [0.15, 0.2) is 0 Å². The van der Waals surface area contributed by atoms with Crippen LogP contribution in [0.25, 0.3) is 0 Å². The van der Waals surface area contributed by atoms with Gasteiger partial charge in [0.2, 0.25) is 0 Å². The Morgan fingerprint density at radius 1 is 0.929 bits per heavy atom. The van der Waals surface area contributed by atoms with E-state index in [2.05, 4.69) is 9.47 Å². The van der Waals surface area contributed by atoms with Crippen LogP contribution in [0.4, 0.5) is 9.59 Å². The number of carbonyl (C=O) groups is 2. The summed E-state index contributed by atoms with van der Waals surface area (Å²) < 4.78 is 8.92. The van der Waals surface area contributed by atoms with Gasteiger partial charge in [-0.2, -0.15) is 0 Å². The van der Waals surface area contributed by atoms with E-state index in [1.165, 1.54) is 0 Å². The molecule has 2 N–H and O–H groups in total. The summed E-state index contributed by atoms with van der Waals surface area (Å²) in [6, 6.07) is 0. The van der Waals surface area contributed by atoms with Crippen LogP contribution in [-0.2, 0) is 9.47 Å². The van der Waals surface area contributed by atoms with Crippen LogP contribution >= 0.6 is 0 Å². The third-order valence-corrected chi connectivity index (χ3v) is 2.05. The molecule has 14 heavy (non-hydrogen) atoms. The largest absolute Gasteiger partial charge is 0.506 e. The van der Waals surface area contributed by atoms with Gasteiger partial charge in [-0.25, -0.2) is 9.59 Å². The highest BCUT2D eigenvalue weighted by atomic mass is 16.7. The molecule has 0 spiro atoms. The Kier molecular flexibility index (Phi) is 4.76. The van der Waals surface area contributed by atoms with E-state index in [9.17, 15) is 9.59 Å². The van der Waals surface area contributed by atoms with Crippen LogP contribution in [0.3, 0.4) is 0 Å². The summed E-state index contributed by atoms with van der Waals surface area (Å²) in [5, 5.41) is 16.6. The summed E-state index contributed by atoms with van der Waals surface area (Å²) >= 11 is 0. The zero-order chi connectivity index (χ0) is 11.3. The van der Waals surface area contributed by atoms with Crippen molar-refractivity contribution in [1.29, 1.82) is 0 Å². The van der Waals surface area contributed by atoms with E-state index in [1.807, 2.05) is 0 Å². The standard InChI is InChI=1S/C8H14O6/c1-4(5(2)13-7(9)10)6(3)14-8(11)12/h4-6H,1-3H3,(H,9,10)(H,11,12). The van der Waals surface area contributed by atoms with Crippen molar-refractivity contribution in [3.05, 3.63) is 0 Å². The lowest BCUT2D eigenvalue weighted by Gasteiger charge is -2.23. The number of carboxylic acid groups (broad SMARTS) is 2. The topological polar surface area (TPSA) is 93.1 Å². The van der Waals surface area contributed by atoms with Crippen molar-refractivity contribution in [2.75, 3.05) is 0 Å². The van der Waals surface area contributed by atoms with E-state index in [-0.39, 0.29) is 5.92 Å². The van der Waals surface area contributed by atoms with Gasteiger partial charge < -0.3 is 19.7 Å². The third kappa shape index (κ3) is 4.54. The lowest BCUT2D eigenvalue weighted by atomic mass is 10.0.